The molecule has 0 saturated heterocycles. The Hall–Kier alpha value is -0.940. The van der Waals surface area contributed by atoms with Crippen molar-refractivity contribution in [1.29, 1.82) is 0 Å². The van der Waals surface area contributed by atoms with Crippen LogP contribution in [0.4, 0.5) is 0 Å². The molecule has 0 amide bonds. The van der Waals surface area contributed by atoms with Gasteiger partial charge in [-0.1, -0.05) is 0 Å². The van der Waals surface area contributed by atoms with E-state index in [1.54, 1.807) is 24.0 Å². The predicted octanol–water partition coefficient (Wildman–Crippen LogP) is 2.48. The van der Waals surface area contributed by atoms with Gasteiger partial charge in [0.15, 0.2) is 0 Å². The van der Waals surface area contributed by atoms with Gasteiger partial charge in [-0.25, -0.2) is 0 Å². The summed E-state index contributed by atoms with van der Waals surface area (Å²) in [5, 5.41) is 5.85. The average Bonchev–Trinajstić information content (AvgIpc) is 2.73. The Morgan fingerprint density at radius 1 is 1.57 bits per heavy atom. The molecule has 0 unspecified atom stereocenters. The summed E-state index contributed by atoms with van der Waals surface area (Å²) in [7, 11) is 1.76. The minimum atomic E-state index is 0.00637. The summed E-state index contributed by atoms with van der Waals surface area (Å²) in [5.74, 6) is 0.00637. The van der Waals surface area contributed by atoms with Crippen LogP contribution in [0.1, 0.15) is 15.4 Å². The second-order valence-electron chi connectivity index (χ2n) is 2.77. The lowest BCUT2D eigenvalue weighted by Crippen LogP contribution is -2.06. The molecule has 0 aliphatic rings. The van der Waals surface area contributed by atoms with E-state index in [-0.39, 0.29) is 5.78 Å². The van der Waals surface area contributed by atoms with Crippen LogP contribution < -0.4 is 0 Å². The highest BCUT2D eigenvalue weighted by molar-refractivity contribution is 9.10. The molecule has 0 aliphatic carbocycles. The van der Waals surface area contributed by atoms with Crippen LogP contribution in [-0.4, -0.2) is 15.6 Å². The lowest BCUT2D eigenvalue weighted by molar-refractivity contribution is 0.103. The van der Waals surface area contributed by atoms with Gasteiger partial charge in [-0.05, 0) is 33.4 Å². The number of aryl methyl sites for hydroxylation is 1. The van der Waals surface area contributed by atoms with Crippen molar-refractivity contribution in [3.05, 3.63) is 38.8 Å². The molecule has 72 valence electrons. The van der Waals surface area contributed by atoms with Gasteiger partial charge in [0.05, 0.1) is 4.88 Å². The zero-order valence-electron chi connectivity index (χ0n) is 7.40. The van der Waals surface area contributed by atoms with Crippen molar-refractivity contribution in [2.75, 3.05) is 0 Å². The Kier molecular flexibility index (Phi) is 2.52. The Morgan fingerprint density at radius 3 is 2.86 bits per heavy atom. The summed E-state index contributed by atoms with van der Waals surface area (Å²) in [4.78, 5) is 12.6. The molecule has 5 heteroatoms. The average molecular weight is 271 g/mol. The van der Waals surface area contributed by atoms with Crippen LogP contribution in [0.25, 0.3) is 0 Å². The maximum atomic E-state index is 11.9. The molecule has 3 nitrogen and oxygen atoms in total. The molecule has 2 aromatic rings. The maximum Gasteiger partial charge on any atom is 0.222 e. The first-order valence-electron chi connectivity index (χ1n) is 3.96. The van der Waals surface area contributed by atoms with Crippen molar-refractivity contribution in [1.82, 2.24) is 9.78 Å². The molecule has 0 aromatic carbocycles. The second kappa shape index (κ2) is 3.67. The summed E-state index contributed by atoms with van der Waals surface area (Å²) in [6.07, 6.45) is 1.62. The summed E-state index contributed by atoms with van der Waals surface area (Å²) in [5.41, 5.74) is 0.605. The third-order valence-electron chi connectivity index (χ3n) is 1.88. The number of carbonyl (C=O) groups is 1. The topological polar surface area (TPSA) is 34.9 Å². The van der Waals surface area contributed by atoms with Gasteiger partial charge in [0, 0.05) is 17.7 Å². The minimum absolute atomic E-state index is 0.00637. The highest BCUT2D eigenvalue weighted by Crippen LogP contribution is 2.25. The van der Waals surface area contributed by atoms with Crippen LogP contribution in [0.15, 0.2) is 28.2 Å². The number of carbonyl (C=O) groups excluding carboxylic acids is 1. The van der Waals surface area contributed by atoms with Gasteiger partial charge in [-0.2, -0.15) is 5.10 Å². The van der Waals surface area contributed by atoms with Gasteiger partial charge in [0.1, 0.15) is 5.69 Å². The molecule has 0 bridgehead atoms. The van der Waals surface area contributed by atoms with Crippen molar-refractivity contribution in [3.63, 3.8) is 0 Å². The van der Waals surface area contributed by atoms with Crippen molar-refractivity contribution in [3.8, 4) is 0 Å². The fourth-order valence-electron chi connectivity index (χ4n) is 1.17. The number of rotatable bonds is 2. The fraction of sp³-hybridized carbons (Fsp3) is 0.111. The van der Waals surface area contributed by atoms with E-state index in [4.69, 9.17) is 0 Å². The van der Waals surface area contributed by atoms with Gasteiger partial charge in [0.25, 0.3) is 0 Å². The number of thiophene rings is 1. The van der Waals surface area contributed by atoms with E-state index < -0.39 is 0 Å². The molecule has 2 heterocycles. The Morgan fingerprint density at radius 2 is 2.36 bits per heavy atom. The van der Waals surface area contributed by atoms with E-state index in [9.17, 15) is 4.79 Å². The van der Waals surface area contributed by atoms with Crippen LogP contribution in [0, 0.1) is 0 Å². The van der Waals surface area contributed by atoms with E-state index in [2.05, 4.69) is 21.0 Å². The first-order valence-corrected chi connectivity index (χ1v) is 5.63. The quantitative estimate of drug-likeness (QED) is 0.786. The number of hydrogen-bond acceptors (Lipinski definition) is 3. The Balaban J connectivity index is 2.44. The van der Waals surface area contributed by atoms with Gasteiger partial charge in [0.2, 0.25) is 5.78 Å². The van der Waals surface area contributed by atoms with Crippen molar-refractivity contribution in [2.24, 2.45) is 7.05 Å². The number of aromatic nitrogens is 2. The van der Waals surface area contributed by atoms with Crippen LogP contribution >= 0.6 is 27.3 Å². The van der Waals surface area contributed by atoms with E-state index >= 15 is 0 Å². The molecule has 0 saturated carbocycles. The maximum absolute atomic E-state index is 11.9. The molecule has 0 atom stereocenters. The lowest BCUT2D eigenvalue weighted by Gasteiger charge is -1.98. The fourth-order valence-corrected chi connectivity index (χ4v) is 2.67. The highest BCUT2D eigenvalue weighted by Gasteiger charge is 2.16. The van der Waals surface area contributed by atoms with E-state index in [0.29, 0.717) is 10.6 Å². The summed E-state index contributed by atoms with van der Waals surface area (Å²) < 4.78 is 2.42. The molecule has 0 spiro atoms. The van der Waals surface area contributed by atoms with Crippen LogP contribution in [0.3, 0.4) is 0 Å². The number of ketones is 1. The van der Waals surface area contributed by atoms with Gasteiger partial charge in [-0.15, -0.1) is 11.3 Å². The molecule has 2 rings (SSSR count). The third kappa shape index (κ3) is 1.53. The SMILES string of the molecule is Cn1nccc1C(=O)c1sccc1Br. The molecule has 14 heavy (non-hydrogen) atoms. The monoisotopic (exact) mass is 270 g/mol. The number of nitrogens with zero attached hydrogens (tertiary/aromatic N) is 2. The Bertz CT molecular complexity index is 432. The lowest BCUT2D eigenvalue weighted by atomic mass is 10.2. The highest BCUT2D eigenvalue weighted by atomic mass is 79.9. The standard InChI is InChI=1S/C9H7BrN2OS/c1-12-7(2-4-11-12)8(13)9-6(10)3-5-14-9/h2-5H,1H3. The molecule has 2 aromatic heterocycles. The predicted molar refractivity (Wildman–Crippen MR) is 58.7 cm³/mol. The minimum Gasteiger partial charge on any atom is -0.286 e. The zero-order chi connectivity index (χ0) is 10.1. The first-order chi connectivity index (χ1) is 6.70. The summed E-state index contributed by atoms with van der Waals surface area (Å²) >= 11 is 4.76. The smallest absolute Gasteiger partial charge is 0.222 e. The number of hydrogen-bond donors (Lipinski definition) is 0. The molecule has 0 N–H and O–H groups in total. The number of halogens is 1. The zero-order valence-corrected chi connectivity index (χ0v) is 9.80. The van der Waals surface area contributed by atoms with Crippen LogP contribution in [0.5, 0.6) is 0 Å². The summed E-state index contributed by atoms with van der Waals surface area (Å²) in [6.45, 7) is 0. The molecular weight excluding hydrogens is 264 g/mol. The molecule has 0 aliphatic heterocycles. The van der Waals surface area contributed by atoms with Crippen LogP contribution in [-0.2, 0) is 7.05 Å². The van der Waals surface area contributed by atoms with E-state index in [1.807, 2.05) is 11.4 Å². The van der Waals surface area contributed by atoms with E-state index in [1.165, 1.54) is 11.3 Å². The van der Waals surface area contributed by atoms with Gasteiger partial charge >= 0.3 is 0 Å². The molecule has 0 fully saturated rings. The first kappa shape index (κ1) is 9.61. The largest absolute Gasteiger partial charge is 0.286 e. The normalized spacial score (nSPS) is 10.4. The third-order valence-corrected chi connectivity index (χ3v) is 3.71. The Labute approximate surface area is 93.5 Å². The molecular formula is C9H7BrN2OS. The van der Waals surface area contributed by atoms with Crippen molar-refractivity contribution in [2.45, 2.75) is 0 Å². The van der Waals surface area contributed by atoms with Crippen molar-refractivity contribution >= 4 is 33.0 Å². The van der Waals surface area contributed by atoms with Gasteiger partial charge < -0.3 is 0 Å². The second-order valence-corrected chi connectivity index (χ2v) is 4.54. The van der Waals surface area contributed by atoms with Crippen LogP contribution in [0.2, 0.25) is 0 Å². The summed E-state index contributed by atoms with van der Waals surface area (Å²) in [6, 6.07) is 3.59. The van der Waals surface area contributed by atoms with Gasteiger partial charge in [-0.3, -0.25) is 9.48 Å². The van der Waals surface area contributed by atoms with Crippen molar-refractivity contribution < 1.29 is 4.79 Å². The van der Waals surface area contributed by atoms with E-state index in [0.717, 1.165) is 4.47 Å². The molecule has 0 radical (unpaired) electrons.